The summed E-state index contributed by atoms with van der Waals surface area (Å²) in [6.07, 6.45) is 0. The fourth-order valence-corrected chi connectivity index (χ4v) is 3.88. The number of hydrogen-bond acceptors (Lipinski definition) is 4. The number of ether oxygens (including phenoxy) is 2. The molecule has 4 rings (SSSR count). The van der Waals surface area contributed by atoms with Crippen LogP contribution in [0.25, 0.3) is 11.1 Å². The van der Waals surface area contributed by atoms with Crippen LogP contribution >= 0.6 is 0 Å². The summed E-state index contributed by atoms with van der Waals surface area (Å²) >= 11 is 0. The lowest BCUT2D eigenvalue weighted by atomic mass is 9.86. The normalized spacial score (nSPS) is 11.6. The third kappa shape index (κ3) is 5.73. The summed E-state index contributed by atoms with van der Waals surface area (Å²) in [6, 6.07) is 36.6. The zero-order valence-corrected chi connectivity index (χ0v) is 18.9. The minimum absolute atomic E-state index is 0.0207. The zero-order valence-electron chi connectivity index (χ0n) is 18.9. The van der Waals surface area contributed by atoms with Crippen molar-refractivity contribution in [3.63, 3.8) is 0 Å². The molecule has 0 aliphatic heterocycles. The molecule has 4 nitrogen and oxygen atoms in total. The number of aliphatic hydroxyl groups excluding tert-OH is 2. The summed E-state index contributed by atoms with van der Waals surface area (Å²) in [5, 5.41) is 18.1. The first kappa shape index (κ1) is 23.3. The van der Waals surface area contributed by atoms with Crippen molar-refractivity contribution in [2.24, 2.45) is 0 Å². The molecule has 4 aromatic carbocycles. The highest BCUT2D eigenvalue weighted by Crippen LogP contribution is 2.37. The molecule has 0 amide bonds. The van der Waals surface area contributed by atoms with E-state index in [0.717, 1.165) is 44.9 Å². The summed E-state index contributed by atoms with van der Waals surface area (Å²) in [6.45, 7) is 0.488. The second-order valence-electron chi connectivity index (χ2n) is 7.67. The Balaban J connectivity index is 1.90. The van der Waals surface area contributed by atoms with Gasteiger partial charge < -0.3 is 19.7 Å². The molecule has 0 atom stereocenters. The largest absolute Gasteiger partial charge is 0.491 e. The van der Waals surface area contributed by atoms with Crippen molar-refractivity contribution in [3.05, 3.63) is 131 Å². The van der Waals surface area contributed by atoms with Gasteiger partial charge in [-0.2, -0.15) is 0 Å². The van der Waals surface area contributed by atoms with Gasteiger partial charge >= 0.3 is 0 Å². The highest BCUT2D eigenvalue weighted by molar-refractivity contribution is 6.04. The van der Waals surface area contributed by atoms with Gasteiger partial charge in [-0.05, 0) is 57.7 Å². The Kier molecular flexibility index (Phi) is 8.12. The monoisotopic (exact) mass is 452 g/mol. The average Bonchev–Trinajstić information content (AvgIpc) is 2.91. The Labute approximate surface area is 200 Å². The number of rotatable bonds is 10. The minimum atomic E-state index is -0.0207. The van der Waals surface area contributed by atoms with E-state index in [2.05, 4.69) is 48.5 Å². The van der Waals surface area contributed by atoms with Crippen LogP contribution in [0.2, 0.25) is 0 Å². The lowest BCUT2D eigenvalue weighted by Gasteiger charge is -2.19. The second kappa shape index (κ2) is 11.8. The molecule has 0 bridgehead atoms. The molecule has 2 N–H and O–H groups in total. The molecule has 172 valence electrons. The van der Waals surface area contributed by atoms with Gasteiger partial charge in [0.25, 0.3) is 0 Å². The third-order valence-electron chi connectivity index (χ3n) is 5.38. The number of benzene rings is 4. The summed E-state index contributed by atoms with van der Waals surface area (Å²) in [5.41, 5.74) is 6.52. The van der Waals surface area contributed by atoms with E-state index in [1.165, 1.54) is 0 Å². The van der Waals surface area contributed by atoms with Crippen LogP contribution in [0, 0.1) is 0 Å². The van der Waals surface area contributed by atoms with Crippen LogP contribution in [0.1, 0.15) is 22.3 Å². The van der Waals surface area contributed by atoms with Crippen LogP contribution in [0.5, 0.6) is 11.5 Å². The van der Waals surface area contributed by atoms with Crippen molar-refractivity contribution in [2.45, 2.75) is 0 Å². The Bertz CT molecular complexity index is 1090. The van der Waals surface area contributed by atoms with Crippen LogP contribution in [-0.4, -0.2) is 36.6 Å². The maximum atomic E-state index is 9.06. The van der Waals surface area contributed by atoms with E-state index in [1.54, 1.807) is 0 Å². The first-order valence-electron chi connectivity index (χ1n) is 11.3. The van der Waals surface area contributed by atoms with Crippen LogP contribution in [0.15, 0.2) is 109 Å². The molecular formula is C30H28O4. The van der Waals surface area contributed by atoms with E-state index in [1.807, 2.05) is 60.7 Å². The van der Waals surface area contributed by atoms with Crippen LogP contribution in [-0.2, 0) is 0 Å². The second-order valence-corrected chi connectivity index (χ2v) is 7.67. The summed E-state index contributed by atoms with van der Waals surface area (Å²) in [7, 11) is 0. The Morgan fingerprint density at radius 1 is 0.441 bits per heavy atom. The first-order valence-corrected chi connectivity index (χ1v) is 11.3. The SMILES string of the molecule is OCCOc1ccc(/C(=C(\c2ccccc2)c2ccc(OCCO)cc2)c2ccccc2)cc1. The van der Waals surface area contributed by atoms with Crippen molar-refractivity contribution in [1.82, 2.24) is 0 Å². The molecule has 4 aromatic rings. The molecule has 0 fully saturated rings. The van der Waals surface area contributed by atoms with Gasteiger partial charge in [0.15, 0.2) is 0 Å². The first-order chi connectivity index (χ1) is 16.8. The maximum absolute atomic E-state index is 9.06. The summed E-state index contributed by atoms with van der Waals surface area (Å²) in [5.74, 6) is 1.44. The van der Waals surface area contributed by atoms with E-state index < -0.39 is 0 Å². The molecule has 34 heavy (non-hydrogen) atoms. The minimum Gasteiger partial charge on any atom is -0.491 e. The highest BCUT2D eigenvalue weighted by Gasteiger charge is 2.16. The van der Waals surface area contributed by atoms with E-state index in [9.17, 15) is 0 Å². The summed E-state index contributed by atoms with van der Waals surface area (Å²) < 4.78 is 11.1. The lowest BCUT2D eigenvalue weighted by molar-refractivity contribution is 0.201. The Morgan fingerprint density at radius 3 is 1.09 bits per heavy atom. The number of hydrogen-bond donors (Lipinski definition) is 2. The summed E-state index contributed by atoms with van der Waals surface area (Å²) in [4.78, 5) is 0. The Morgan fingerprint density at radius 2 is 0.765 bits per heavy atom. The fraction of sp³-hybridized carbons (Fsp3) is 0.133. The zero-order chi connectivity index (χ0) is 23.6. The molecule has 0 saturated heterocycles. The standard InChI is InChI=1S/C30H28O4/c31-19-21-33-27-15-11-25(12-16-27)29(23-7-3-1-4-8-23)30(24-9-5-2-6-10-24)26-13-17-28(18-14-26)34-22-20-32/h1-18,31-32H,19-22H2/b30-29+. The molecule has 4 heteroatoms. The van der Waals surface area contributed by atoms with Crippen molar-refractivity contribution >= 4 is 11.1 Å². The van der Waals surface area contributed by atoms with Gasteiger partial charge in [0, 0.05) is 0 Å². The lowest BCUT2D eigenvalue weighted by Crippen LogP contribution is -2.02. The number of aliphatic hydroxyl groups is 2. The van der Waals surface area contributed by atoms with Crippen LogP contribution in [0.3, 0.4) is 0 Å². The topological polar surface area (TPSA) is 58.9 Å². The fourth-order valence-electron chi connectivity index (χ4n) is 3.88. The van der Waals surface area contributed by atoms with Crippen LogP contribution in [0.4, 0.5) is 0 Å². The molecule has 0 aliphatic rings. The van der Waals surface area contributed by atoms with Gasteiger partial charge in [-0.3, -0.25) is 0 Å². The molecule has 0 saturated carbocycles. The van der Waals surface area contributed by atoms with Gasteiger partial charge in [-0.1, -0.05) is 84.9 Å². The predicted octanol–water partition coefficient (Wildman–Crippen LogP) is 5.44. The highest BCUT2D eigenvalue weighted by atomic mass is 16.5. The molecule has 0 radical (unpaired) electrons. The van der Waals surface area contributed by atoms with E-state index >= 15 is 0 Å². The molecular weight excluding hydrogens is 424 g/mol. The van der Waals surface area contributed by atoms with Gasteiger partial charge in [0.05, 0.1) is 13.2 Å². The van der Waals surface area contributed by atoms with Crippen molar-refractivity contribution < 1.29 is 19.7 Å². The molecule has 0 unspecified atom stereocenters. The third-order valence-corrected chi connectivity index (χ3v) is 5.38. The average molecular weight is 453 g/mol. The van der Waals surface area contributed by atoms with Crippen LogP contribution < -0.4 is 9.47 Å². The maximum Gasteiger partial charge on any atom is 0.119 e. The molecule has 0 aliphatic carbocycles. The molecule has 0 heterocycles. The smallest absolute Gasteiger partial charge is 0.119 e. The van der Waals surface area contributed by atoms with Gasteiger partial charge in [0.1, 0.15) is 24.7 Å². The Hall–Kier alpha value is -3.86. The van der Waals surface area contributed by atoms with Gasteiger partial charge in [0.2, 0.25) is 0 Å². The predicted molar refractivity (Wildman–Crippen MR) is 136 cm³/mol. The quantitative estimate of drug-likeness (QED) is 0.315. The van der Waals surface area contributed by atoms with Crippen molar-refractivity contribution in [3.8, 4) is 11.5 Å². The van der Waals surface area contributed by atoms with Crippen molar-refractivity contribution in [1.29, 1.82) is 0 Å². The molecule has 0 aromatic heterocycles. The van der Waals surface area contributed by atoms with E-state index in [4.69, 9.17) is 19.7 Å². The van der Waals surface area contributed by atoms with E-state index in [-0.39, 0.29) is 26.4 Å². The van der Waals surface area contributed by atoms with Gasteiger partial charge in [-0.15, -0.1) is 0 Å². The van der Waals surface area contributed by atoms with Crippen molar-refractivity contribution in [2.75, 3.05) is 26.4 Å². The van der Waals surface area contributed by atoms with E-state index in [0.29, 0.717) is 0 Å². The molecule has 0 spiro atoms. The van der Waals surface area contributed by atoms with Gasteiger partial charge in [-0.25, -0.2) is 0 Å².